The first-order valence-electron chi connectivity index (χ1n) is 3.81. The molecule has 1 aliphatic carbocycles. The Morgan fingerprint density at radius 2 is 2.55 bits per heavy atom. The fraction of sp³-hybridized carbons (Fsp3) is 0.500. The molecule has 0 fully saturated rings. The van der Waals surface area contributed by atoms with Gasteiger partial charge in [0.15, 0.2) is 0 Å². The maximum Gasteiger partial charge on any atom is 0.0604 e. The Morgan fingerprint density at radius 3 is 3.09 bits per heavy atom. The third-order valence-electron chi connectivity index (χ3n) is 1.57. The van der Waals surface area contributed by atoms with Crippen molar-refractivity contribution in [2.45, 2.75) is 12.5 Å². The predicted octanol–water partition coefficient (Wildman–Crippen LogP) is -0.261. The molecule has 0 aliphatic heterocycles. The maximum absolute atomic E-state index is 8.51. The SMILES string of the molecule is N[C@H]1C=CC(NCCO)=CC1. The molecule has 0 heterocycles. The zero-order chi connectivity index (χ0) is 8.10. The van der Waals surface area contributed by atoms with Gasteiger partial charge in [0.05, 0.1) is 6.61 Å². The number of allylic oxidation sites excluding steroid dienone is 1. The summed E-state index contributed by atoms with van der Waals surface area (Å²) in [7, 11) is 0. The van der Waals surface area contributed by atoms with E-state index in [0.29, 0.717) is 6.54 Å². The van der Waals surface area contributed by atoms with Gasteiger partial charge in [0, 0.05) is 18.3 Å². The molecule has 0 radical (unpaired) electrons. The Balaban J connectivity index is 2.31. The summed E-state index contributed by atoms with van der Waals surface area (Å²) in [6.45, 7) is 0.767. The van der Waals surface area contributed by atoms with Crippen molar-refractivity contribution in [1.82, 2.24) is 5.32 Å². The standard InChI is InChI=1S/C8H14N2O/c9-7-1-3-8(4-2-7)10-5-6-11/h1,3-4,7,10-11H,2,5-6,9H2/t7-/m0/s1. The van der Waals surface area contributed by atoms with Crippen LogP contribution in [0.2, 0.25) is 0 Å². The monoisotopic (exact) mass is 154 g/mol. The summed E-state index contributed by atoms with van der Waals surface area (Å²) < 4.78 is 0. The van der Waals surface area contributed by atoms with Gasteiger partial charge in [-0.3, -0.25) is 0 Å². The van der Waals surface area contributed by atoms with E-state index in [2.05, 4.69) is 5.32 Å². The number of aliphatic hydroxyl groups is 1. The topological polar surface area (TPSA) is 58.3 Å². The molecule has 0 spiro atoms. The van der Waals surface area contributed by atoms with Crippen LogP contribution >= 0.6 is 0 Å². The van der Waals surface area contributed by atoms with Crippen molar-refractivity contribution in [3.05, 3.63) is 23.9 Å². The van der Waals surface area contributed by atoms with Crippen LogP contribution in [0.1, 0.15) is 6.42 Å². The van der Waals surface area contributed by atoms with E-state index in [4.69, 9.17) is 10.8 Å². The lowest BCUT2D eigenvalue weighted by atomic mass is 10.1. The largest absolute Gasteiger partial charge is 0.395 e. The lowest BCUT2D eigenvalue weighted by Gasteiger charge is -2.12. The second-order valence-electron chi connectivity index (χ2n) is 2.57. The highest BCUT2D eigenvalue weighted by atomic mass is 16.3. The highest BCUT2D eigenvalue weighted by molar-refractivity contribution is 5.23. The second kappa shape index (κ2) is 4.16. The molecule has 1 rings (SSSR count). The van der Waals surface area contributed by atoms with Gasteiger partial charge in [-0.25, -0.2) is 0 Å². The smallest absolute Gasteiger partial charge is 0.0604 e. The maximum atomic E-state index is 8.51. The minimum Gasteiger partial charge on any atom is -0.395 e. The average Bonchev–Trinajstić information content (AvgIpc) is 2.04. The molecule has 0 aromatic carbocycles. The average molecular weight is 154 g/mol. The molecule has 62 valence electrons. The first kappa shape index (κ1) is 8.30. The number of nitrogens with one attached hydrogen (secondary N) is 1. The lowest BCUT2D eigenvalue weighted by Crippen LogP contribution is -2.22. The molecule has 0 unspecified atom stereocenters. The number of hydrogen-bond donors (Lipinski definition) is 3. The molecule has 1 aliphatic rings. The van der Waals surface area contributed by atoms with Crippen molar-refractivity contribution in [3.63, 3.8) is 0 Å². The quantitative estimate of drug-likeness (QED) is 0.525. The molecule has 0 amide bonds. The van der Waals surface area contributed by atoms with Crippen LogP contribution in [0.5, 0.6) is 0 Å². The van der Waals surface area contributed by atoms with Crippen molar-refractivity contribution in [1.29, 1.82) is 0 Å². The van der Waals surface area contributed by atoms with Gasteiger partial charge in [-0.05, 0) is 12.5 Å². The van der Waals surface area contributed by atoms with E-state index in [-0.39, 0.29) is 12.6 Å². The fourth-order valence-corrected chi connectivity index (χ4v) is 0.968. The summed E-state index contributed by atoms with van der Waals surface area (Å²) in [5.41, 5.74) is 6.67. The van der Waals surface area contributed by atoms with Crippen molar-refractivity contribution in [2.24, 2.45) is 5.73 Å². The molecule has 0 saturated carbocycles. The highest BCUT2D eigenvalue weighted by Gasteiger charge is 2.01. The summed E-state index contributed by atoms with van der Waals surface area (Å²) in [6.07, 6.45) is 6.83. The van der Waals surface area contributed by atoms with Gasteiger partial charge in [-0.1, -0.05) is 12.2 Å². The normalized spacial score (nSPS) is 23.1. The van der Waals surface area contributed by atoms with Gasteiger partial charge >= 0.3 is 0 Å². The predicted molar refractivity (Wildman–Crippen MR) is 44.9 cm³/mol. The van der Waals surface area contributed by atoms with Crippen molar-refractivity contribution in [2.75, 3.05) is 13.2 Å². The minimum atomic E-state index is 0.162. The van der Waals surface area contributed by atoms with Crippen molar-refractivity contribution < 1.29 is 5.11 Å². The zero-order valence-electron chi connectivity index (χ0n) is 6.46. The van der Waals surface area contributed by atoms with Gasteiger partial charge in [-0.15, -0.1) is 0 Å². The van der Waals surface area contributed by atoms with Crippen molar-refractivity contribution in [3.8, 4) is 0 Å². The van der Waals surface area contributed by atoms with E-state index in [1.165, 1.54) is 0 Å². The van der Waals surface area contributed by atoms with E-state index in [9.17, 15) is 0 Å². The van der Waals surface area contributed by atoms with Crippen LogP contribution in [-0.2, 0) is 0 Å². The number of aliphatic hydroxyl groups excluding tert-OH is 1. The Bertz CT molecular complexity index is 175. The molecular formula is C8H14N2O. The number of nitrogens with two attached hydrogens (primary N) is 1. The third-order valence-corrected chi connectivity index (χ3v) is 1.57. The molecule has 1 atom stereocenters. The highest BCUT2D eigenvalue weighted by Crippen LogP contribution is 2.05. The first-order chi connectivity index (χ1) is 5.33. The van der Waals surface area contributed by atoms with Crippen LogP contribution in [0.25, 0.3) is 0 Å². The van der Waals surface area contributed by atoms with Gasteiger partial charge in [0.2, 0.25) is 0 Å². The van der Waals surface area contributed by atoms with E-state index in [1.54, 1.807) is 0 Å². The van der Waals surface area contributed by atoms with E-state index in [0.717, 1.165) is 12.1 Å². The molecule has 11 heavy (non-hydrogen) atoms. The Labute approximate surface area is 66.6 Å². The molecule has 4 N–H and O–H groups in total. The van der Waals surface area contributed by atoms with Crippen LogP contribution in [-0.4, -0.2) is 24.3 Å². The summed E-state index contributed by atoms with van der Waals surface area (Å²) in [6, 6.07) is 0.162. The van der Waals surface area contributed by atoms with Crippen LogP contribution in [0.3, 0.4) is 0 Å². The van der Waals surface area contributed by atoms with E-state index < -0.39 is 0 Å². The van der Waals surface area contributed by atoms with Gasteiger partial charge in [0.25, 0.3) is 0 Å². The summed E-state index contributed by atoms with van der Waals surface area (Å²) in [5.74, 6) is 0. The molecule has 0 aromatic heterocycles. The minimum absolute atomic E-state index is 0.162. The van der Waals surface area contributed by atoms with Crippen LogP contribution < -0.4 is 11.1 Å². The fourth-order valence-electron chi connectivity index (χ4n) is 0.968. The number of rotatable bonds is 3. The summed E-state index contributed by atoms with van der Waals surface area (Å²) in [4.78, 5) is 0. The van der Waals surface area contributed by atoms with Gasteiger partial charge in [-0.2, -0.15) is 0 Å². The molecule has 0 saturated heterocycles. The van der Waals surface area contributed by atoms with Crippen LogP contribution in [0, 0.1) is 0 Å². The molecule has 3 nitrogen and oxygen atoms in total. The van der Waals surface area contributed by atoms with Crippen LogP contribution in [0.4, 0.5) is 0 Å². The molecular weight excluding hydrogens is 140 g/mol. The van der Waals surface area contributed by atoms with Gasteiger partial charge in [0.1, 0.15) is 0 Å². The molecule has 3 heteroatoms. The summed E-state index contributed by atoms with van der Waals surface area (Å²) >= 11 is 0. The van der Waals surface area contributed by atoms with Crippen LogP contribution in [0.15, 0.2) is 23.9 Å². The number of hydrogen-bond acceptors (Lipinski definition) is 3. The Kier molecular flexibility index (Phi) is 3.14. The summed E-state index contributed by atoms with van der Waals surface area (Å²) in [5, 5.41) is 11.6. The Hall–Kier alpha value is -0.800. The molecule has 0 bridgehead atoms. The van der Waals surface area contributed by atoms with E-state index >= 15 is 0 Å². The Morgan fingerprint density at radius 1 is 1.73 bits per heavy atom. The van der Waals surface area contributed by atoms with E-state index in [1.807, 2.05) is 18.2 Å². The lowest BCUT2D eigenvalue weighted by molar-refractivity contribution is 0.297. The molecule has 0 aromatic rings. The second-order valence-corrected chi connectivity index (χ2v) is 2.57. The third kappa shape index (κ3) is 2.74. The zero-order valence-corrected chi connectivity index (χ0v) is 6.46. The van der Waals surface area contributed by atoms with Gasteiger partial charge < -0.3 is 16.2 Å². The first-order valence-corrected chi connectivity index (χ1v) is 3.81. The van der Waals surface area contributed by atoms with Crippen molar-refractivity contribution >= 4 is 0 Å².